The van der Waals surface area contributed by atoms with E-state index in [1.54, 1.807) is 6.07 Å². The van der Waals surface area contributed by atoms with E-state index in [0.717, 1.165) is 23.1 Å². The van der Waals surface area contributed by atoms with Gasteiger partial charge in [0.15, 0.2) is 0 Å². The highest BCUT2D eigenvalue weighted by Crippen LogP contribution is 2.50. The molecular weight excluding hydrogens is 535 g/mol. The summed E-state index contributed by atoms with van der Waals surface area (Å²) in [6.45, 7) is 1.28. The number of nitrogens with zero attached hydrogens (tertiary/aromatic N) is 2. The molecule has 0 spiro atoms. The lowest BCUT2D eigenvalue weighted by Gasteiger charge is -2.27. The topological polar surface area (TPSA) is 139 Å². The molecule has 5 rings (SSSR count). The Hall–Kier alpha value is -4.78. The van der Waals surface area contributed by atoms with Crippen LogP contribution < -0.4 is 15.0 Å². The van der Waals surface area contributed by atoms with Crippen molar-refractivity contribution in [2.75, 3.05) is 4.90 Å². The first-order chi connectivity index (χ1) is 18.8. The fraction of sp³-hybridized carbons (Fsp3) is 0.222. The first kappa shape index (κ1) is 26.8. The molecule has 4 unspecified atom stereocenters. The highest BCUT2D eigenvalue weighted by atomic mass is 19.4. The quantitative estimate of drug-likeness (QED) is 0.254. The molecule has 0 bridgehead atoms. The third-order valence-corrected chi connectivity index (χ3v) is 7.14. The summed E-state index contributed by atoms with van der Waals surface area (Å²) < 4.78 is 45.0. The van der Waals surface area contributed by atoms with Gasteiger partial charge in [0, 0.05) is 18.2 Å². The van der Waals surface area contributed by atoms with Gasteiger partial charge in [0.25, 0.3) is 5.69 Å². The summed E-state index contributed by atoms with van der Waals surface area (Å²) in [6.07, 6.45) is -4.58. The number of carbonyl (C=O) groups is 3. The Labute approximate surface area is 224 Å². The number of imide groups is 1. The minimum Gasteiger partial charge on any atom is -0.480 e. The van der Waals surface area contributed by atoms with Crippen molar-refractivity contribution >= 4 is 29.2 Å². The molecule has 2 fully saturated rings. The Morgan fingerprint density at radius 2 is 1.68 bits per heavy atom. The zero-order valence-electron chi connectivity index (χ0n) is 20.6. The van der Waals surface area contributed by atoms with Gasteiger partial charge in [-0.05, 0) is 48.9 Å². The van der Waals surface area contributed by atoms with Gasteiger partial charge in [0.2, 0.25) is 11.8 Å². The van der Waals surface area contributed by atoms with E-state index in [9.17, 15) is 42.8 Å². The lowest BCUT2D eigenvalue weighted by atomic mass is 9.80. The van der Waals surface area contributed by atoms with Crippen LogP contribution in [0.25, 0.3) is 0 Å². The molecule has 206 valence electrons. The number of carboxylic acid groups (broad SMARTS) is 1. The molecule has 10 nitrogen and oxygen atoms in total. The molecule has 2 aliphatic rings. The van der Waals surface area contributed by atoms with Gasteiger partial charge in [-0.15, -0.1) is 0 Å². The van der Waals surface area contributed by atoms with Crippen LogP contribution in [0.15, 0.2) is 72.8 Å². The molecule has 2 heterocycles. The molecule has 40 heavy (non-hydrogen) atoms. The zero-order valence-corrected chi connectivity index (χ0v) is 20.6. The molecule has 13 heteroatoms. The van der Waals surface area contributed by atoms with E-state index in [4.69, 9.17) is 4.74 Å². The van der Waals surface area contributed by atoms with Gasteiger partial charge in [0.1, 0.15) is 17.0 Å². The van der Waals surface area contributed by atoms with Crippen LogP contribution in [-0.4, -0.2) is 33.4 Å². The number of non-ortho nitro benzene ring substituents is 1. The summed E-state index contributed by atoms with van der Waals surface area (Å²) in [5.74, 6) is -5.49. The van der Waals surface area contributed by atoms with Crippen molar-refractivity contribution in [1.29, 1.82) is 0 Å². The van der Waals surface area contributed by atoms with Gasteiger partial charge in [0.05, 0.1) is 28.0 Å². The Morgan fingerprint density at radius 3 is 2.33 bits per heavy atom. The first-order valence-electron chi connectivity index (χ1n) is 11.9. The number of benzene rings is 3. The van der Waals surface area contributed by atoms with Gasteiger partial charge in [-0.3, -0.25) is 29.8 Å². The summed E-state index contributed by atoms with van der Waals surface area (Å²) >= 11 is 0. The molecule has 0 saturated carbocycles. The number of hydrogen-bond acceptors (Lipinski definition) is 7. The van der Waals surface area contributed by atoms with E-state index in [0.29, 0.717) is 5.56 Å². The number of fused-ring (bicyclic) bond motifs is 1. The van der Waals surface area contributed by atoms with Crippen LogP contribution in [0.4, 0.5) is 24.5 Å². The molecule has 4 atom stereocenters. The van der Waals surface area contributed by atoms with Crippen molar-refractivity contribution in [2.24, 2.45) is 11.8 Å². The van der Waals surface area contributed by atoms with E-state index in [1.807, 2.05) is 0 Å². The fourth-order valence-corrected chi connectivity index (χ4v) is 5.27. The number of nitro groups is 1. The molecule has 0 radical (unpaired) electrons. The van der Waals surface area contributed by atoms with Crippen molar-refractivity contribution in [3.05, 3.63) is 94.0 Å². The Bertz CT molecular complexity index is 1560. The number of ether oxygens (including phenoxy) is 1. The highest BCUT2D eigenvalue weighted by molar-refractivity contribution is 6.24. The van der Waals surface area contributed by atoms with Crippen LogP contribution in [0.2, 0.25) is 0 Å². The normalized spacial score (nSPS) is 24.2. The lowest BCUT2D eigenvalue weighted by molar-refractivity contribution is -0.384. The number of nitro benzene ring substituents is 1. The number of anilines is 1. The maximum atomic E-state index is 13.6. The van der Waals surface area contributed by atoms with E-state index < -0.39 is 57.9 Å². The van der Waals surface area contributed by atoms with Gasteiger partial charge in [-0.2, -0.15) is 13.2 Å². The van der Waals surface area contributed by atoms with Crippen LogP contribution in [0.5, 0.6) is 11.5 Å². The minimum absolute atomic E-state index is 0.0632. The van der Waals surface area contributed by atoms with Crippen LogP contribution in [0.3, 0.4) is 0 Å². The van der Waals surface area contributed by atoms with Crippen molar-refractivity contribution in [3.8, 4) is 11.5 Å². The molecule has 0 aliphatic carbocycles. The number of nitrogens with one attached hydrogen (secondary N) is 1. The summed E-state index contributed by atoms with van der Waals surface area (Å²) in [5.41, 5.74) is -2.85. The molecule has 0 aromatic heterocycles. The predicted molar refractivity (Wildman–Crippen MR) is 132 cm³/mol. The first-order valence-corrected chi connectivity index (χ1v) is 11.9. The average molecular weight is 555 g/mol. The van der Waals surface area contributed by atoms with Gasteiger partial charge >= 0.3 is 12.1 Å². The van der Waals surface area contributed by atoms with Crippen LogP contribution >= 0.6 is 0 Å². The maximum absolute atomic E-state index is 13.6. The highest BCUT2D eigenvalue weighted by Gasteiger charge is 2.67. The largest absolute Gasteiger partial charge is 0.480 e. The van der Waals surface area contributed by atoms with Gasteiger partial charge in [-0.1, -0.05) is 24.3 Å². The maximum Gasteiger partial charge on any atom is 0.416 e. The minimum atomic E-state index is -4.58. The third-order valence-electron chi connectivity index (χ3n) is 7.14. The SMILES string of the molecule is CC1(C(=O)O)NC(c2cccc(Oc3cccc(C(F)(F)F)c3)c2)C2C(=O)N(c3cccc([N+](=O)[O-])c3)C(=O)C21. The standard InChI is InChI=1S/C27H20F3N3O7/c1-26(25(36)37)21-20(23(34)32(24(21)35)16-7-4-8-17(13-16)33(38)39)22(31-26)14-5-2-9-18(11-14)40-19-10-3-6-15(12-19)27(28,29)30/h2-13,20-22,31H,1H3,(H,36,37). The summed E-state index contributed by atoms with van der Waals surface area (Å²) in [6, 6.07) is 14.1. The van der Waals surface area contributed by atoms with Crippen LogP contribution in [0.1, 0.15) is 24.1 Å². The van der Waals surface area contributed by atoms with Crippen LogP contribution in [-0.2, 0) is 20.6 Å². The number of aliphatic carboxylic acids is 1. The summed E-state index contributed by atoms with van der Waals surface area (Å²) in [7, 11) is 0. The van der Waals surface area contributed by atoms with Crippen molar-refractivity contribution in [3.63, 3.8) is 0 Å². The Morgan fingerprint density at radius 1 is 1.02 bits per heavy atom. The van der Waals surface area contributed by atoms with Crippen molar-refractivity contribution in [1.82, 2.24) is 5.32 Å². The Kier molecular flexibility index (Phi) is 6.33. The smallest absolute Gasteiger partial charge is 0.416 e. The van der Waals surface area contributed by atoms with Crippen LogP contribution in [0, 0.1) is 22.0 Å². The number of rotatable bonds is 6. The number of carboxylic acids is 1. The van der Waals surface area contributed by atoms with E-state index in [1.165, 1.54) is 55.5 Å². The molecule has 3 aromatic carbocycles. The van der Waals surface area contributed by atoms with Crippen molar-refractivity contribution in [2.45, 2.75) is 24.7 Å². The third kappa shape index (κ3) is 4.43. The second-order valence-electron chi connectivity index (χ2n) is 9.62. The summed E-state index contributed by atoms with van der Waals surface area (Å²) in [4.78, 5) is 50.8. The number of halogens is 3. The molecule has 2 aliphatic heterocycles. The molecule has 2 N–H and O–H groups in total. The molecule has 3 aromatic rings. The number of alkyl halides is 3. The monoisotopic (exact) mass is 555 g/mol. The lowest BCUT2D eigenvalue weighted by Crippen LogP contribution is -2.53. The second-order valence-corrected chi connectivity index (χ2v) is 9.62. The summed E-state index contributed by atoms with van der Waals surface area (Å²) in [5, 5.41) is 24.2. The number of carbonyl (C=O) groups excluding carboxylic acids is 2. The predicted octanol–water partition coefficient (Wildman–Crippen LogP) is 4.70. The molecule has 2 amide bonds. The van der Waals surface area contributed by atoms with Gasteiger partial charge < -0.3 is 9.84 Å². The number of amides is 2. The molecular formula is C27H20F3N3O7. The molecule has 2 saturated heterocycles. The van der Waals surface area contributed by atoms with Crippen molar-refractivity contribution < 1.29 is 42.3 Å². The Balaban J connectivity index is 1.51. The average Bonchev–Trinajstić information content (AvgIpc) is 3.37. The zero-order chi connectivity index (χ0) is 29.0. The number of hydrogen-bond donors (Lipinski definition) is 2. The van der Waals surface area contributed by atoms with E-state index in [2.05, 4.69) is 5.32 Å². The van der Waals surface area contributed by atoms with E-state index >= 15 is 0 Å². The fourth-order valence-electron chi connectivity index (χ4n) is 5.27. The van der Waals surface area contributed by atoms with Gasteiger partial charge in [-0.25, -0.2) is 4.90 Å². The second kappa shape index (κ2) is 9.45. The van der Waals surface area contributed by atoms with E-state index in [-0.39, 0.29) is 22.9 Å².